The lowest BCUT2D eigenvalue weighted by Gasteiger charge is -2.35. The highest BCUT2D eigenvalue weighted by atomic mass is 32.2. The van der Waals surface area contributed by atoms with Crippen LogP contribution in [-0.4, -0.2) is 45.2 Å². The Kier molecular flexibility index (Phi) is 9.12. The molecule has 2 aromatic carbocycles. The van der Waals surface area contributed by atoms with Gasteiger partial charge in [0.15, 0.2) is 11.2 Å². The van der Waals surface area contributed by atoms with Gasteiger partial charge < -0.3 is 14.7 Å². The second-order valence-electron chi connectivity index (χ2n) is 10.8. The van der Waals surface area contributed by atoms with Gasteiger partial charge in [-0.05, 0) is 55.8 Å². The van der Waals surface area contributed by atoms with Crippen molar-refractivity contribution in [3.05, 3.63) is 71.8 Å². The Morgan fingerprint density at radius 2 is 1.93 bits per heavy atom. The fourth-order valence-corrected chi connectivity index (χ4v) is 7.52. The largest absolute Gasteiger partial charge is 0.488 e. The summed E-state index contributed by atoms with van der Waals surface area (Å²) >= 11 is 2.01. The number of thioether (sulfide) groups is 2. The molecular weight excluding hydrogens is 614 g/mol. The number of hydrogen-bond donors (Lipinski definition) is 1. The van der Waals surface area contributed by atoms with E-state index < -0.39 is 46.7 Å². The average molecular weight is 643 g/mol. The van der Waals surface area contributed by atoms with Gasteiger partial charge >= 0.3 is 5.97 Å². The third-order valence-corrected chi connectivity index (χ3v) is 9.69. The number of pyridine rings is 1. The Labute approximate surface area is 253 Å². The lowest BCUT2D eigenvalue weighted by molar-refractivity contribution is -0.0667. The van der Waals surface area contributed by atoms with Gasteiger partial charge in [0.2, 0.25) is 11.8 Å². The highest BCUT2D eigenvalue weighted by molar-refractivity contribution is 8.00. The molecule has 13 heteroatoms. The Morgan fingerprint density at radius 3 is 2.58 bits per heavy atom. The van der Waals surface area contributed by atoms with E-state index in [0.717, 1.165) is 18.7 Å². The number of ether oxygens (including phenoxy) is 1. The maximum atomic E-state index is 15.7. The zero-order chi connectivity index (χ0) is 30.9. The number of anilines is 2. The molecule has 2 heterocycles. The first-order valence-electron chi connectivity index (χ1n) is 13.5. The molecule has 0 amide bonds. The van der Waals surface area contributed by atoms with Gasteiger partial charge in [0.05, 0.1) is 10.6 Å². The summed E-state index contributed by atoms with van der Waals surface area (Å²) in [6, 6.07) is 11.8. The van der Waals surface area contributed by atoms with E-state index in [1.54, 1.807) is 23.1 Å². The fourth-order valence-electron chi connectivity index (χ4n) is 4.97. The van der Waals surface area contributed by atoms with E-state index in [9.17, 15) is 31.9 Å². The molecule has 0 saturated heterocycles. The SMILES string of the molecule is CC(F)(F)CCC1CN(c2ccc(F)cc2)c2cc(SC3CC(F)(F)C3)c(OCc3cccnc3C(=O)O)cc2SC1F. The number of fused-ring (bicyclic) bond motifs is 1. The molecule has 1 aromatic heterocycles. The lowest BCUT2D eigenvalue weighted by Crippen LogP contribution is -2.37. The average Bonchev–Trinajstić information content (AvgIpc) is 3.05. The number of aromatic carboxylic acids is 1. The Bertz CT molecular complexity index is 1460. The van der Waals surface area contributed by atoms with Crippen molar-refractivity contribution in [2.75, 3.05) is 11.4 Å². The Hall–Kier alpha value is -3.06. The highest BCUT2D eigenvalue weighted by Gasteiger charge is 2.46. The molecule has 0 radical (unpaired) electrons. The van der Waals surface area contributed by atoms with E-state index in [4.69, 9.17) is 4.74 Å². The quantitative estimate of drug-likeness (QED) is 0.222. The molecule has 0 bridgehead atoms. The van der Waals surface area contributed by atoms with Crippen LogP contribution in [0.15, 0.2) is 64.5 Å². The van der Waals surface area contributed by atoms with Crippen molar-refractivity contribution < 1.29 is 41.0 Å². The summed E-state index contributed by atoms with van der Waals surface area (Å²) in [6.07, 6.45) is 0.0336. The first-order chi connectivity index (χ1) is 20.3. The molecule has 1 aliphatic carbocycles. The third-order valence-electron chi connectivity index (χ3n) is 7.26. The molecule has 2 aliphatic rings. The molecule has 1 aliphatic heterocycles. The molecule has 2 atom stereocenters. The number of benzene rings is 2. The summed E-state index contributed by atoms with van der Waals surface area (Å²) in [5.74, 6) is -8.07. The third kappa shape index (κ3) is 7.72. The minimum absolute atomic E-state index is 0.0202. The van der Waals surface area contributed by atoms with Gasteiger partial charge in [0.1, 0.15) is 18.2 Å². The number of alkyl halides is 5. The fraction of sp³-hybridized carbons (Fsp3) is 0.400. The zero-order valence-electron chi connectivity index (χ0n) is 22.9. The summed E-state index contributed by atoms with van der Waals surface area (Å²) in [6.45, 7) is 0.598. The van der Waals surface area contributed by atoms with Gasteiger partial charge in [-0.25, -0.2) is 36.1 Å². The summed E-state index contributed by atoms with van der Waals surface area (Å²) in [5.41, 5.74) is -0.493. The van der Waals surface area contributed by atoms with Gasteiger partial charge in [0, 0.05) is 59.3 Å². The zero-order valence-corrected chi connectivity index (χ0v) is 24.5. The van der Waals surface area contributed by atoms with Crippen LogP contribution in [0.2, 0.25) is 0 Å². The number of carboxylic acids is 1. The van der Waals surface area contributed by atoms with E-state index in [0.29, 0.717) is 21.2 Å². The maximum Gasteiger partial charge on any atom is 0.354 e. The number of rotatable bonds is 10. The Balaban J connectivity index is 1.54. The first kappa shape index (κ1) is 31.4. The lowest BCUT2D eigenvalue weighted by atomic mass is 9.94. The normalized spacial score (nSPS) is 20.2. The molecular formula is C30H28F6N2O3S2. The van der Waals surface area contributed by atoms with Crippen molar-refractivity contribution in [3.8, 4) is 5.75 Å². The van der Waals surface area contributed by atoms with Gasteiger partial charge in [-0.3, -0.25) is 0 Å². The maximum absolute atomic E-state index is 15.7. The van der Waals surface area contributed by atoms with Crippen LogP contribution in [0.1, 0.15) is 48.7 Å². The summed E-state index contributed by atoms with van der Waals surface area (Å²) in [7, 11) is 0. The van der Waals surface area contributed by atoms with E-state index >= 15 is 4.39 Å². The van der Waals surface area contributed by atoms with Gasteiger partial charge in [-0.1, -0.05) is 17.8 Å². The predicted molar refractivity (Wildman–Crippen MR) is 153 cm³/mol. The monoisotopic (exact) mass is 642 g/mol. The molecule has 230 valence electrons. The standard InChI is InChI=1S/C30H28F6N2O3S2/c1-29(33,34)9-8-17-15-38(20-6-4-19(31)5-7-20)22-11-25(42-21-13-30(35,36)14-21)23(12-24(22)43-27(17)32)41-16-18-3-2-10-37-26(18)28(39)40/h2-7,10-12,17,21,27H,8-9,13-16H2,1H3,(H,39,40). The molecule has 3 aromatic rings. The van der Waals surface area contributed by atoms with Crippen LogP contribution in [0.3, 0.4) is 0 Å². The van der Waals surface area contributed by atoms with Crippen LogP contribution in [-0.2, 0) is 6.61 Å². The van der Waals surface area contributed by atoms with Crippen molar-refractivity contribution in [3.63, 3.8) is 0 Å². The van der Waals surface area contributed by atoms with Crippen LogP contribution in [0, 0.1) is 11.7 Å². The predicted octanol–water partition coefficient (Wildman–Crippen LogP) is 8.98. The minimum atomic E-state index is -2.99. The van der Waals surface area contributed by atoms with Crippen LogP contribution >= 0.6 is 23.5 Å². The molecule has 43 heavy (non-hydrogen) atoms. The number of halogens is 6. The molecule has 2 unspecified atom stereocenters. The smallest absolute Gasteiger partial charge is 0.354 e. The topological polar surface area (TPSA) is 62.7 Å². The number of nitrogens with zero attached hydrogens (tertiary/aromatic N) is 2. The molecule has 1 saturated carbocycles. The summed E-state index contributed by atoms with van der Waals surface area (Å²) < 4.78 is 90.5. The molecule has 1 fully saturated rings. The van der Waals surface area contributed by atoms with Crippen molar-refractivity contribution in [1.29, 1.82) is 0 Å². The second kappa shape index (κ2) is 12.5. The number of hydrogen-bond acceptors (Lipinski definition) is 6. The first-order valence-corrected chi connectivity index (χ1v) is 15.3. The number of aromatic nitrogens is 1. The number of carboxylic acid groups (broad SMARTS) is 1. The van der Waals surface area contributed by atoms with Crippen LogP contribution in [0.5, 0.6) is 5.75 Å². The van der Waals surface area contributed by atoms with E-state index in [2.05, 4.69) is 4.98 Å². The van der Waals surface area contributed by atoms with Crippen LogP contribution in [0.25, 0.3) is 0 Å². The minimum Gasteiger partial charge on any atom is -0.488 e. The number of carbonyl (C=O) groups is 1. The second-order valence-corrected chi connectivity index (χ2v) is 13.3. The van der Waals surface area contributed by atoms with Crippen LogP contribution < -0.4 is 9.64 Å². The highest BCUT2D eigenvalue weighted by Crippen LogP contribution is 2.52. The Morgan fingerprint density at radius 1 is 1.21 bits per heavy atom. The molecule has 5 rings (SSSR count). The van der Waals surface area contributed by atoms with Crippen molar-refractivity contribution >= 4 is 40.9 Å². The van der Waals surface area contributed by atoms with Gasteiger partial charge in [0.25, 0.3) is 0 Å². The molecule has 1 N–H and O–H groups in total. The summed E-state index contributed by atoms with van der Waals surface area (Å²) in [4.78, 5) is 18.1. The van der Waals surface area contributed by atoms with Crippen LogP contribution in [0.4, 0.5) is 37.7 Å². The summed E-state index contributed by atoms with van der Waals surface area (Å²) in [5, 5.41) is 9.08. The van der Waals surface area contributed by atoms with Gasteiger partial charge in [-0.15, -0.1) is 11.8 Å². The van der Waals surface area contributed by atoms with E-state index in [1.165, 1.54) is 48.3 Å². The molecule has 5 nitrogen and oxygen atoms in total. The van der Waals surface area contributed by atoms with Crippen molar-refractivity contribution in [1.82, 2.24) is 4.98 Å². The van der Waals surface area contributed by atoms with Crippen molar-refractivity contribution in [2.45, 2.75) is 71.6 Å². The van der Waals surface area contributed by atoms with E-state index in [-0.39, 0.29) is 49.4 Å². The van der Waals surface area contributed by atoms with Gasteiger partial charge in [-0.2, -0.15) is 0 Å². The van der Waals surface area contributed by atoms with Crippen molar-refractivity contribution in [2.24, 2.45) is 5.92 Å². The molecule has 0 spiro atoms. The van der Waals surface area contributed by atoms with E-state index in [1.807, 2.05) is 0 Å².